The second-order valence-corrected chi connectivity index (χ2v) is 7.31. The van der Waals surface area contributed by atoms with Crippen LogP contribution in [-0.4, -0.2) is 35.7 Å². The zero-order valence-electron chi connectivity index (χ0n) is 14.2. The first-order chi connectivity index (χ1) is 9.81. The van der Waals surface area contributed by atoms with Crippen molar-refractivity contribution in [2.75, 3.05) is 19.6 Å². The Kier molecular flexibility index (Phi) is 5.12. The molecular weight excluding hydrogens is 264 g/mol. The first-order valence-electron chi connectivity index (χ1n) is 8.00. The largest absolute Gasteiger partial charge is 0.468 e. The highest BCUT2D eigenvalue weighted by molar-refractivity contribution is 5.17. The summed E-state index contributed by atoms with van der Waals surface area (Å²) in [6.07, 6.45) is 2.94. The number of nitrogens with one attached hydrogen (secondary N) is 1. The minimum absolute atomic E-state index is 0.105. The molecule has 1 aliphatic rings. The van der Waals surface area contributed by atoms with Gasteiger partial charge in [-0.3, -0.25) is 4.90 Å². The van der Waals surface area contributed by atoms with Crippen LogP contribution in [0.3, 0.4) is 0 Å². The first-order valence-corrected chi connectivity index (χ1v) is 8.00. The topological polar surface area (TPSA) is 37.6 Å². The highest BCUT2D eigenvalue weighted by Crippen LogP contribution is 2.29. The Morgan fingerprint density at radius 3 is 2.48 bits per heavy atom. The molecule has 2 rings (SSSR count). The molecule has 4 nitrogen and oxygen atoms in total. The summed E-state index contributed by atoms with van der Waals surface area (Å²) in [6, 6.07) is 2.10. The third-order valence-electron chi connectivity index (χ3n) is 3.71. The normalized spacial score (nSPS) is 21.6. The lowest BCUT2D eigenvalue weighted by molar-refractivity contribution is -0.182. The molecule has 1 saturated heterocycles. The molecule has 0 spiro atoms. The van der Waals surface area contributed by atoms with Gasteiger partial charge in [-0.05, 0) is 46.7 Å². The van der Waals surface area contributed by atoms with Crippen molar-refractivity contribution in [2.45, 2.75) is 65.3 Å². The zero-order chi connectivity index (χ0) is 15.5. The van der Waals surface area contributed by atoms with E-state index < -0.39 is 0 Å². The van der Waals surface area contributed by atoms with Crippen molar-refractivity contribution in [1.82, 2.24) is 10.2 Å². The van der Waals surface area contributed by atoms with Gasteiger partial charge in [-0.2, -0.15) is 0 Å². The van der Waals surface area contributed by atoms with Gasteiger partial charge in [0.25, 0.3) is 0 Å². The summed E-state index contributed by atoms with van der Waals surface area (Å²) >= 11 is 0. The number of hydrogen-bond acceptors (Lipinski definition) is 4. The predicted octanol–water partition coefficient (Wildman–Crippen LogP) is 3.17. The van der Waals surface area contributed by atoms with Crippen LogP contribution < -0.4 is 5.32 Å². The maximum atomic E-state index is 6.14. The van der Waals surface area contributed by atoms with Crippen molar-refractivity contribution in [3.05, 3.63) is 23.7 Å². The summed E-state index contributed by atoms with van der Waals surface area (Å²) in [5.41, 5.74) is 1.07. The molecule has 4 heteroatoms. The van der Waals surface area contributed by atoms with Gasteiger partial charge in [-0.1, -0.05) is 6.92 Å². The van der Waals surface area contributed by atoms with Crippen LogP contribution in [0.1, 0.15) is 52.4 Å². The molecule has 0 atom stereocenters. The maximum absolute atomic E-state index is 6.14. The van der Waals surface area contributed by atoms with Crippen LogP contribution in [0.2, 0.25) is 0 Å². The molecule has 2 heterocycles. The van der Waals surface area contributed by atoms with Gasteiger partial charge in [0, 0.05) is 25.2 Å². The molecule has 1 N–H and O–H groups in total. The van der Waals surface area contributed by atoms with Gasteiger partial charge >= 0.3 is 0 Å². The van der Waals surface area contributed by atoms with Gasteiger partial charge in [0.05, 0.1) is 24.0 Å². The lowest BCUT2D eigenvalue weighted by Crippen LogP contribution is -2.56. The average molecular weight is 294 g/mol. The van der Waals surface area contributed by atoms with Crippen LogP contribution in [0.4, 0.5) is 0 Å². The lowest BCUT2D eigenvalue weighted by atomic mass is 9.98. The molecule has 0 bridgehead atoms. The summed E-state index contributed by atoms with van der Waals surface area (Å²) in [4.78, 5) is 2.47. The summed E-state index contributed by atoms with van der Waals surface area (Å²) in [7, 11) is 0. The van der Waals surface area contributed by atoms with Crippen LogP contribution in [0.25, 0.3) is 0 Å². The minimum atomic E-state index is -0.105. The summed E-state index contributed by atoms with van der Waals surface area (Å²) in [5.74, 6) is 1.06. The van der Waals surface area contributed by atoms with Gasteiger partial charge in [0.1, 0.15) is 5.76 Å². The number of rotatable bonds is 6. The third-order valence-corrected chi connectivity index (χ3v) is 3.71. The van der Waals surface area contributed by atoms with E-state index in [9.17, 15) is 0 Å². The first kappa shape index (κ1) is 16.5. The van der Waals surface area contributed by atoms with Crippen LogP contribution in [0, 0.1) is 0 Å². The Morgan fingerprint density at radius 2 is 1.86 bits per heavy atom. The fraction of sp³-hybridized carbons (Fsp3) is 0.765. The second kappa shape index (κ2) is 6.51. The molecular formula is C17H30N2O2. The van der Waals surface area contributed by atoms with E-state index in [0.717, 1.165) is 44.9 Å². The SMILES string of the molecule is CCCNCc1occc1CN1CC(C)(C)OC(C)(C)C1. The quantitative estimate of drug-likeness (QED) is 0.818. The van der Waals surface area contributed by atoms with Gasteiger partial charge < -0.3 is 14.5 Å². The highest BCUT2D eigenvalue weighted by Gasteiger charge is 2.38. The molecule has 0 amide bonds. The molecule has 1 aromatic rings. The van der Waals surface area contributed by atoms with Crippen molar-refractivity contribution in [2.24, 2.45) is 0 Å². The molecule has 1 aliphatic heterocycles. The predicted molar refractivity (Wildman–Crippen MR) is 85.2 cm³/mol. The highest BCUT2D eigenvalue weighted by atomic mass is 16.5. The van der Waals surface area contributed by atoms with E-state index in [4.69, 9.17) is 9.15 Å². The van der Waals surface area contributed by atoms with Crippen molar-refractivity contribution in [3.63, 3.8) is 0 Å². The molecule has 0 radical (unpaired) electrons. The number of hydrogen-bond donors (Lipinski definition) is 1. The maximum Gasteiger partial charge on any atom is 0.122 e. The molecule has 21 heavy (non-hydrogen) atoms. The molecule has 1 aromatic heterocycles. The van der Waals surface area contributed by atoms with E-state index in [1.165, 1.54) is 5.56 Å². The number of ether oxygens (including phenoxy) is 1. The number of morpholine rings is 1. The summed E-state index contributed by atoms with van der Waals surface area (Å²) in [5, 5.41) is 3.41. The molecule has 0 aliphatic carbocycles. The molecule has 0 unspecified atom stereocenters. The van der Waals surface area contributed by atoms with E-state index in [1.54, 1.807) is 6.26 Å². The monoisotopic (exact) mass is 294 g/mol. The standard InChI is InChI=1S/C17H30N2O2/c1-6-8-18-10-15-14(7-9-20-15)11-19-12-16(2,3)21-17(4,5)13-19/h7,9,18H,6,8,10-13H2,1-5H3. The summed E-state index contributed by atoms with van der Waals surface area (Å²) in [6.45, 7) is 15.5. The van der Waals surface area contributed by atoms with Gasteiger partial charge in [-0.25, -0.2) is 0 Å². The Morgan fingerprint density at radius 1 is 1.19 bits per heavy atom. The average Bonchev–Trinajstić information content (AvgIpc) is 2.73. The smallest absolute Gasteiger partial charge is 0.122 e. The molecule has 0 aromatic carbocycles. The van der Waals surface area contributed by atoms with Gasteiger partial charge in [0.2, 0.25) is 0 Å². The second-order valence-electron chi connectivity index (χ2n) is 7.31. The van der Waals surface area contributed by atoms with Crippen LogP contribution in [0.15, 0.2) is 16.7 Å². The Bertz CT molecular complexity index is 435. The van der Waals surface area contributed by atoms with Crippen LogP contribution in [-0.2, 0) is 17.8 Å². The fourth-order valence-corrected chi connectivity index (χ4v) is 3.34. The van der Waals surface area contributed by atoms with E-state index in [-0.39, 0.29) is 11.2 Å². The number of furan rings is 1. The Labute approximate surface area is 128 Å². The van der Waals surface area contributed by atoms with E-state index in [1.807, 2.05) is 0 Å². The summed E-state index contributed by atoms with van der Waals surface area (Å²) < 4.78 is 11.8. The Balaban J connectivity index is 1.99. The van der Waals surface area contributed by atoms with Crippen molar-refractivity contribution in [3.8, 4) is 0 Å². The van der Waals surface area contributed by atoms with E-state index >= 15 is 0 Å². The molecule has 120 valence electrons. The lowest BCUT2D eigenvalue weighted by Gasteiger charge is -2.47. The van der Waals surface area contributed by atoms with Gasteiger partial charge in [-0.15, -0.1) is 0 Å². The molecule has 0 saturated carbocycles. The van der Waals surface area contributed by atoms with Crippen LogP contribution >= 0.6 is 0 Å². The van der Waals surface area contributed by atoms with Gasteiger partial charge in [0.15, 0.2) is 0 Å². The van der Waals surface area contributed by atoms with Crippen LogP contribution in [0.5, 0.6) is 0 Å². The Hall–Kier alpha value is -0.840. The zero-order valence-corrected chi connectivity index (χ0v) is 14.2. The fourth-order valence-electron chi connectivity index (χ4n) is 3.34. The van der Waals surface area contributed by atoms with E-state index in [0.29, 0.717) is 0 Å². The molecule has 1 fully saturated rings. The van der Waals surface area contributed by atoms with Crippen molar-refractivity contribution >= 4 is 0 Å². The van der Waals surface area contributed by atoms with Crippen molar-refractivity contribution in [1.29, 1.82) is 0 Å². The third kappa shape index (κ3) is 4.83. The minimum Gasteiger partial charge on any atom is -0.468 e. The van der Waals surface area contributed by atoms with Crippen molar-refractivity contribution < 1.29 is 9.15 Å². The van der Waals surface area contributed by atoms with E-state index in [2.05, 4.69) is 50.9 Å². The number of nitrogens with zero attached hydrogens (tertiary/aromatic N) is 1.